The van der Waals surface area contributed by atoms with E-state index < -0.39 is 18.0 Å². The smallest absolute Gasteiger partial charge is 0.307 e. The molecule has 0 radical (unpaired) electrons. The number of esters is 1. The minimum absolute atomic E-state index is 0.192. The van der Waals surface area contributed by atoms with Gasteiger partial charge in [0, 0.05) is 15.4 Å². The van der Waals surface area contributed by atoms with Gasteiger partial charge in [0.1, 0.15) is 5.58 Å². The van der Waals surface area contributed by atoms with Gasteiger partial charge in [0.2, 0.25) is 0 Å². The second-order valence-electron chi connectivity index (χ2n) is 5.50. The fraction of sp³-hybridized carbons (Fsp3) is 0.158. The van der Waals surface area contributed by atoms with Gasteiger partial charge in [-0.15, -0.1) is 0 Å². The SMILES string of the molecule is O=C(O)CCC(=O)OC(c1ccc(Br)cc1)c1cc2ccccc2o1. The third-order valence-corrected chi connectivity index (χ3v) is 4.20. The average molecular weight is 403 g/mol. The molecule has 1 heterocycles. The number of hydrogen-bond donors (Lipinski definition) is 1. The number of rotatable bonds is 6. The summed E-state index contributed by atoms with van der Waals surface area (Å²) in [5.41, 5.74) is 1.44. The zero-order chi connectivity index (χ0) is 17.8. The van der Waals surface area contributed by atoms with Gasteiger partial charge in [0.05, 0.1) is 12.8 Å². The summed E-state index contributed by atoms with van der Waals surface area (Å²) in [7, 11) is 0. The zero-order valence-electron chi connectivity index (χ0n) is 13.1. The number of aliphatic carboxylic acids is 1. The lowest BCUT2D eigenvalue weighted by Crippen LogP contribution is -2.13. The minimum Gasteiger partial charge on any atom is -0.481 e. The van der Waals surface area contributed by atoms with E-state index >= 15 is 0 Å². The predicted molar refractivity (Wildman–Crippen MR) is 95.2 cm³/mol. The van der Waals surface area contributed by atoms with Crippen LogP contribution in [0.3, 0.4) is 0 Å². The highest BCUT2D eigenvalue weighted by molar-refractivity contribution is 9.10. The molecule has 1 aromatic heterocycles. The number of ether oxygens (including phenoxy) is 1. The first kappa shape index (κ1) is 17.2. The summed E-state index contributed by atoms with van der Waals surface area (Å²) in [4.78, 5) is 22.7. The van der Waals surface area contributed by atoms with E-state index in [0.717, 1.165) is 15.4 Å². The fourth-order valence-corrected chi connectivity index (χ4v) is 2.72. The molecule has 3 rings (SSSR count). The Bertz CT molecular complexity index is 865. The topological polar surface area (TPSA) is 76.7 Å². The Morgan fingerprint density at radius 2 is 1.80 bits per heavy atom. The van der Waals surface area contributed by atoms with E-state index in [1.54, 1.807) is 0 Å². The summed E-state index contributed by atoms with van der Waals surface area (Å²) in [6.07, 6.45) is -1.20. The molecular weight excluding hydrogens is 388 g/mol. The minimum atomic E-state index is -1.04. The number of carboxylic acids is 1. The van der Waals surface area contributed by atoms with Crippen LogP contribution < -0.4 is 0 Å². The Kier molecular flexibility index (Phi) is 5.19. The van der Waals surface area contributed by atoms with Gasteiger partial charge in [0.15, 0.2) is 11.9 Å². The maximum Gasteiger partial charge on any atom is 0.307 e. The summed E-state index contributed by atoms with van der Waals surface area (Å²) in [5, 5.41) is 9.63. The molecule has 2 aromatic carbocycles. The molecule has 6 heteroatoms. The van der Waals surface area contributed by atoms with Crippen molar-refractivity contribution in [2.24, 2.45) is 0 Å². The van der Waals surface area contributed by atoms with E-state index in [-0.39, 0.29) is 12.8 Å². The highest BCUT2D eigenvalue weighted by Gasteiger charge is 2.23. The van der Waals surface area contributed by atoms with E-state index in [1.807, 2.05) is 54.6 Å². The number of carbonyl (C=O) groups excluding carboxylic acids is 1. The van der Waals surface area contributed by atoms with Gasteiger partial charge in [-0.2, -0.15) is 0 Å². The van der Waals surface area contributed by atoms with Crippen LogP contribution in [-0.2, 0) is 14.3 Å². The molecule has 25 heavy (non-hydrogen) atoms. The zero-order valence-corrected chi connectivity index (χ0v) is 14.7. The van der Waals surface area contributed by atoms with Crippen LogP contribution in [0.25, 0.3) is 11.0 Å². The van der Waals surface area contributed by atoms with Crippen LogP contribution >= 0.6 is 15.9 Å². The first-order valence-electron chi connectivity index (χ1n) is 7.68. The Morgan fingerprint density at radius 1 is 1.08 bits per heavy atom. The van der Waals surface area contributed by atoms with Crippen LogP contribution in [0.2, 0.25) is 0 Å². The number of benzene rings is 2. The third kappa shape index (κ3) is 4.28. The molecule has 128 valence electrons. The molecule has 0 aliphatic carbocycles. The van der Waals surface area contributed by atoms with E-state index in [9.17, 15) is 9.59 Å². The van der Waals surface area contributed by atoms with Gasteiger partial charge >= 0.3 is 11.9 Å². The maximum atomic E-state index is 12.1. The molecule has 5 nitrogen and oxygen atoms in total. The summed E-state index contributed by atoms with van der Waals surface area (Å²) < 4.78 is 12.3. The first-order chi connectivity index (χ1) is 12.0. The quantitative estimate of drug-likeness (QED) is 0.605. The molecule has 0 saturated heterocycles. The number of halogens is 1. The lowest BCUT2D eigenvalue weighted by atomic mass is 10.1. The van der Waals surface area contributed by atoms with Crippen LogP contribution in [-0.4, -0.2) is 17.0 Å². The van der Waals surface area contributed by atoms with Gasteiger partial charge in [-0.3, -0.25) is 9.59 Å². The average Bonchev–Trinajstić information content (AvgIpc) is 3.02. The maximum absolute atomic E-state index is 12.1. The molecule has 3 aromatic rings. The Labute approximate surface area is 152 Å². The Balaban J connectivity index is 1.92. The number of furan rings is 1. The van der Waals surface area contributed by atoms with Crippen LogP contribution in [0.5, 0.6) is 0 Å². The van der Waals surface area contributed by atoms with E-state index in [4.69, 9.17) is 14.3 Å². The van der Waals surface area contributed by atoms with Crippen molar-refractivity contribution in [1.29, 1.82) is 0 Å². The number of carbonyl (C=O) groups is 2. The van der Waals surface area contributed by atoms with Crippen molar-refractivity contribution in [2.45, 2.75) is 18.9 Å². The molecule has 0 amide bonds. The molecule has 0 fully saturated rings. The van der Waals surface area contributed by atoms with Gasteiger partial charge in [-0.05, 0) is 24.3 Å². The van der Waals surface area contributed by atoms with Crippen molar-refractivity contribution in [3.8, 4) is 0 Å². The van der Waals surface area contributed by atoms with E-state index in [1.165, 1.54) is 0 Å². The van der Waals surface area contributed by atoms with Crippen LogP contribution in [0.4, 0.5) is 0 Å². The van der Waals surface area contributed by atoms with Crippen molar-refractivity contribution >= 4 is 38.8 Å². The molecule has 0 spiro atoms. The highest BCUT2D eigenvalue weighted by Crippen LogP contribution is 2.32. The van der Waals surface area contributed by atoms with Gasteiger partial charge < -0.3 is 14.3 Å². The lowest BCUT2D eigenvalue weighted by molar-refractivity contribution is -0.151. The Morgan fingerprint density at radius 3 is 2.48 bits per heavy atom. The molecule has 0 saturated carbocycles. The van der Waals surface area contributed by atoms with Gasteiger partial charge in [-0.25, -0.2) is 0 Å². The van der Waals surface area contributed by atoms with Crippen LogP contribution in [0.1, 0.15) is 30.3 Å². The molecule has 0 aliphatic heterocycles. The molecule has 1 atom stereocenters. The summed E-state index contributed by atoms with van der Waals surface area (Å²) in [6, 6.07) is 16.7. The van der Waals surface area contributed by atoms with Crippen LogP contribution in [0.15, 0.2) is 63.5 Å². The van der Waals surface area contributed by atoms with E-state index in [0.29, 0.717) is 11.3 Å². The second-order valence-corrected chi connectivity index (χ2v) is 6.42. The van der Waals surface area contributed by atoms with Crippen molar-refractivity contribution in [3.05, 3.63) is 70.4 Å². The van der Waals surface area contributed by atoms with Crippen molar-refractivity contribution in [3.63, 3.8) is 0 Å². The predicted octanol–water partition coefficient (Wildman–Crippen LogP) is 4.69. The number of fused-ring (bicyclic) bond motifs is 1. The Hall–Kier alpha value is -2.60. The molecule has 0 bridgehead atoms. The van der Waals surface area contributed by atoms with Crippen molar-refractivity contribution < 1.29 is 23.8 Å². The molecule has 0 aliphatic rings. The molecule has 1 N–H and O–H groups in total. The third-order valence-electron chi connectivity index (χ3n) is 3.67. The number of hydrogen-bond acceptors (Lipinski definition) is 4. The summed E-state index contributed by atoms with van der Waals surface area (Å²) in [6.45, 7) is 0. The van der Waals surface area contributed by atoms with Gasteiger partial charge in [0.25, 0.3) is 0 Å². The number of para-hydroxylation sites is 1. The summed E-state index contributed by atoms with van der Waals surface area (Å²) >= 11 is 3.37. The monoisotopic (exact) mass is 402 g/mol. The molecule has 1 unspecified atom stereocenters. The largest absolute Gasteiger partial charge is 0.481 e. The van der Waals surface area contributed by atoms with Crippen molar-refractivity contribution in [2.75, 3.05) is 0 Å². The highest BCUT2D eigenvalue weighted by atomic mass is 79.9. The second kappa shape index (κ2) is 7.53. The molecular formula is C19H15BrO5. The van der Waals surface area contributed by atoms with E-state index in [2.05, 4.69) is 15.9 Å². The van der Waals surface area contributed by atoms with Crippen LogP contribution in [0, 0.1) is 0 Å². The van der Waals surface area contributed by atoms with Gasteiger partial charge in [-0.1, -0.05) is 46.3 Å². The summed E-state index contributed by atoms with van der Waals surface area (Å²) in [5.74, 6) is -1.14. The number of carboxylic acid groups (broad SMARTS) is 1. The first-order valence-corrected chi connectivity index (χ1v) is 8.47. The normalized spacial score (nSPS) is 12.0. The standard InChI is InChI=1S/C19H15BrO5/c20-14-7-5-12(6-8-14)19(25-18(23)10-9-17(21)22)16-11-13-3-1-2-4-15(13)24-16/h1-8,11,19H,9-10H2,(H,21,22). The lowest BCUT2D eigenvalue weighted by Gasteiger charge is -2.16. The fourth-order valence-electron chi connectivity index (χ4n) is 2.46. The van der Waals surface area contributed by atoms with Crippen molar-refractivity contribution in [1.82, 2.24) is 0 Å².